The third-order valence-electron chi connectivity index (χ3n) is 4.67. The molecule has 0 radical (unpaired) electrons. The maximum Gasteiger partial charge on any atom is 0.251 e. The number of nitrogens with two attached hydrogens (primary N) is 1. The van der Waals surface area contributed by atoms with Gasteiger partial charge in [-0.05, 0) is 48.5 Å². The summed E-state index contributed by atoms with van der Waals surface area (Å²) in [4.78, 5) is 11.9. The van der Waals surface area contributed by atoms with E-state index in [2.05, 4.69) is 0 Å². The molecule has 0 aromatic heterocycles. The van der Waals surface area contributed by atoms with Gasteiger partial charge in [0.25, 0.3) is 5.91 Å². The smallest absolute Gasteiger partial charge is 0.251 e. The molecule has 1 amide bonds. The topological polar surface area (TPSA) is 136 Å². The zero-order valence-electron chi connectivity index (χ0n) is 16.3. The first kappa shape index (κ1) is 22.0. The molecule has 0 atom stereocenters. The molecule has 2 N–H and O–H groups in total. The number of hydrogen-bond acceptors (Lipinski definition) is 7. The van der Waals surface area contributed by atoms with Gasteiger partial charge < -0.3 is 15.2 Å². The molecule has 0 bridgehead atoms. The van der Waals surface area contributed by atoms with Crippen LogP contribution in [0, 0.1) is 0 Å². The number of amides is 1. The summed E-state index contributed by atoms with van der Waals surface area (Å²) in [6.07, 6.45) is -1.69. The van der Waals surface area contributed by atoms with Crippen LogP contribution in [0.3, 0.4) is 0 Å². The highest BCUT2D eigenvalue weighted by Crippen LogP contribution is 2.30. The molecule has 1 saturated heterocycles. The van der Waals surface area contributed by atoms with E-state index < -0.39 is 32.1 Å². The Morgan fingerprint density at radius 3 is 1.40 bits per heavy atom. The predicted octanol–water partition coefficient (Wildman–Crippen LogP) is 0.210. The monoisotopic (exact) mass is 455 g/mol. The van der Waals surface area contributed by atoms with Crippen LogP contribution in [0.5, 0.6) is 11.5 Å². The van der Waals surface area contributed by atoms with Gasteiger partial charge in [0.1, 0.15) is 11.5 Å². The summed E-state index contributed by atoms with van der Waals surface area (Å²) < 4.78 is 63.9. The Morgan fingerprint density at radius 1 is 0.800 bits per heavy atom. The van der Waals surface area contributed by atoms with E-state index >= 15 is 0 Å². The molecule has 0 aliphatic carbocycles. The number of methoxy groups -OCH3 is 2. The molecule has 1 fully saturated rings. The molecule has 30 heavy (non-hydrogen) atoms. The summed E-state index contributed by atoms with van der Waals surface area (Å²) in [5, 5.41) is 0. The summed E-state index contributed by atoms with van der Waals surface area (Å²) in [6.45, 7) is -0.450. The quantitative estimate of drug-likeness (QED) is 0.630. The van der Waals surface area contributed by atoms with Crippen LogP contribution in [-0.4, -0.2) is 64.8 Å². The van der Waals surface area contributed by atoms with E-state index in [0.29, 0.717) is 11.5 Å². The van der Waals surface area contributed by atoms with Gasteiger partial charge in [0.05, 0.1) is 24.0 Å². The molecule has 12 heteroatoms. The van der Waals surface area contributed by atoms with Gasteiger partial charge in [-0.25, -0.2) is 16.8 Å². The Bertz CT molecular complexity index is 1050. The molecule has 162 valence electrons. The second-order valence-electron chi connectivity index (χ2n) is 6.36. The first-order valence-electron chi connectivity index (χ1n) is 8.74. The Balaban J connectivity index is 1.98. The standard InChI is InChI=1S/C18H21N3O7S2/c1-27-13-3-7-15(8-4-13)29(23,24)20-11-12-21(18(20)17(19)22)30(25,26)16-9-5-14(28-2)6-10-16/h3-10,18H,11-12H2,1-2H3,(H2,19,22). The summed E-state index contributed by atoms with van der Waals surface area (Å²) in [6, 6.07) is 11.1. The van der Waals surface area contributed by atoms with Crippen LogP contribution in [0.15, 0.2) is 58.3 Å². The Labute approximate surface area is 174 Å². The number of primary amides is 1. The Kier molecular flexibility index (Phi) is 6.04. The Hall–Kier alpha value is -2.67. The molecule has 0 spiro atoms. The molecule has 2 aromatic rings. The first-order valence-corrected chi connectivity index (χ1v) is 11.6. The normalized spacial score (nSPS) is 16.5. The van der Waals surface area contributed by atoms with Gasteiger partial charge in [-0.1, -0.05) is 0 Å². The van der Waals surface area contributed by atoms with Crippen LogP contribution < -0.4 is 15.2 Å². The SMILES string of the molecule is COc1ccc(S(=O)(=O)N2CCN(S(=O)(=O)c3ccc(OC)cc3)C2C(N)=O)cc1. The van der Waals surface area contributed by atoms with Gasteiger partial charge in [-0.3, -0.25) is 4.79 Å². The van der Waals surface area contributed by atoms with E-state index in [0.717, 1.165) is 8.61 Å². The molecule has 1 aliphatic rings. The van der Waals surface area contributed by atoms with E-state index in [-0.39, 0.29) is 22.9 Å². The van der Waals surface area contributed by atoms with E-state index in [4.69, 9.17) is 15.2 Å². The second-order valence-corrected chi connectivity index (χ2v) is 10.1. The van der Waals surface area contributed by atoms with Crippen molar-refractivity contribution in [3.05, 3.63) is 48.5 Å². The number of carbonyl (C=O) groups excluding carboxylic acids is 1. The highest BCUT2D eigenvalue weighted by atomic mass is 32.2. The summed E-state index contributed by atoms with van der Waals surface area (Å²) in [5.41, 5.74) is 5.43. The molecular formula is C18H21N3O7S2. The lowest BCUT2D eigenvalue weighted by molar-refractivity contribution is -0.123. The van der Waals surface area contributed by atoms with E-state index in [1.807, 2.05) is 0 Å². The lowest BCUT2D eigenvalue weighted by atomic mass is 10.3. The van der Waals surface area contributed by atoms with Gasteiger partial charge in [0.15, 0.2) is 6.17 Å². The van der Waals surface area contributed by atoms with Crippen molar-refractivity contribution < 1.29 is 31.1 Å². The van der Waals surface area contributed by atoms with Crippen molar-refractivity contribution in [2.24, 2.45) is 5.73 Å². The second kappa shape index (κ2) is 8.22. The van der Waals surface area contributed by atoms with E-state index in [1.54, 1.807) is 0 Å². The number of nitrogens with zero attached hydrogens (tertiary/aromatic N) is 2. The van der Waals surface area contributed by atoms with Crippen LogP contribution >= 0.6 is 0 Å². The van der Waals surface area contributed by atoms with Gasteiger partial charge >= 0.3 is 0 Å². The fourth-order valence-corrected chi connectivity index (χ4v) is 6.31. The number of sulfonamides is 2. The first-order chi connectivity index (χ1) is 14.1. The number of benzene rings is 2. The fraction of sp³-hybridized carbons (Fsp3) is 0.278. The lowest BCUT2D eigenvalue weighted by Crippen LogP contribution is -2.52. The minimum absolute atomic E-state index is 0.113. The minimum Gasteiger partial charge on any atom is -0.497 e. The molecule has 0 saturated carbocycles. The van der Waals surface area contributed by atoms with Crippen molar-refractivity contribution in [3.63, 3.8) is 0 Å². The van der Waals surface area contributed by atoms with Crippen LogP contribution in [0.4, 0.5) is 0 Å². The van der Waals surface area contributed by atoms with Crippen LogP contribution in [0.2, 0.25) is 0 Å². The number of hydrogen-bond donors (Lipinski definition) is 1. The van der Waals surface area contributed by atoms with Crippen molar-refractivity contribution in [1.29, 1.82) is 0 Å². The van der Waals surface area contributed by atoms with Crippen molar-refractivity contribution in [3.8, 4) is 11.5 Å². The largest absolute Gasteiger partial charge is 0.497 e. The summed E-state index contributed by atoms with van der Waals surface area (Å²) in [7, 11) is -5.51. The third-order valence-corrected chi connectivity index (χ3v) is 8.41. The van der Waals surface area contributed by atoms with Crippen molar-refractivity contribution in [1.82, 2.24) is 8.61 Å². The maximum absolute atomic E-state index is 13.1. The molecule has 0 unspecified atom stereocenters. The summed E-state index contributed by atoms with van der Waals surface area (Å²) >= 11 is 0. The average Bonchev–Trinajstić information content (AvgIpc) is 3.21. The van der Waals surface area contributed by atoms with E-state index in [9.17, 15) is 21.6 Å². The fourth-order valence-electron chi connectivity index (χ4n) is 3.14. The van der Waals surface area contributed by atoms with Crippen LogP contribution in [0.25, 0.3) is 0 Å². The number of ether oxygens (including phenoxy) is 2. The van der Waals surface area contributed by atoms with Gasteiger partial charge in [0, 0.05) is 13.1 Å². The molecule has 1 heterocycles. The predicted molar refractivity (Wildman–Crippen MR) is 107 cm³/mol. The minimum atomic E-state index is -4.19. The van der Waals surface area contributed by atoms with Crippen molar-refractivity contribution >= 4 is 26.0 Å². The van der Waals surface area contributed by atoms with Gasteiger partial charge in [0.2, 0.25) is 20.0 Å². The maximum atomic E-state index is 13.1. The molecular weight excluding hydrogens is 434 g/mol. The lowest BCUT2D eigenvalue weighted by Gasteiger charge is -2.26. The van der Waals surface area contributed by atoms with Gasteiger partial charge in [-0.2, -0.15) is 8.61 Å². The Morgan fingerprint density at radius 2 is 1.13 bits per heavy atom. The molecule has 1 aliphatic heterocycles. The molecule has 3 rings (SSSR count). The zero-order chi connectivity index (χ0) is 22.1. The van der Waals surface area contributed by atoms with Gasteiger partial charge in [-0.15, -0.1) is 0 Å². The molecule has 2 aromatic carbocycles. The number of carbonyl (C=O) groups is 1. The highest BCUT2D eigenvalue weighted by molar-refractivity contribution is 7.90. The third kappa shape index (κ3) is 3.86. The zero-order valence-corrected chi connectivity index (χ0v) is 17.9. The highest BCUT2D eigenvalue weighted by Gasteiger charge is 2.48. The van der Waals surface area contributed by atoms with Crippen molar-refractivity contribution in [2.45, 2.75) is 16.0 Å². The summed E-state index contributed by atoms with van der Waals surface area (Å²) in [5.74, 6) is -0.197. The van der Waals surface area contributed by atoms with Crippen molar-refractivity contribution in [2.75, 3.05) is 27.3 Å². The average molecular weight is 456 g/mol. The van der Waals surface area contributed by atoms with Crippen LogP contribution in [-0.2, 0) is 24.8 Å². The molecule has 10 nitrogen and oxygen atoms in total. The number of rotatable bonds is 7. The van der Waals surface area contributed by atoms with E-state index in [1.165, 1.54) is 62.8 Å². The van der Waals surface area contributed by atoms with Crippen LogP contribution in [0.1, 0.15) is 0 Å².